The first-order chi connectivity index (χ1) is 16.6. The zero-order valence-corrected chi connectivity index (χ0v) is 23.1. The number of carbonyl (C=O) groups is 4. The molecule has 1 aromatic rings. The second-order valence-corrected chi connectivity index (χ2v) is 11.0. The number of nitrogens with zero attached hydrogens (tertiary/aromatic N) is 1. The Kier molecular flexibility index (Phi) is 11.4. The Morgan fingerprint density at radius 3 is 2.22 bits per heavy atom. The van der Waals surface area contributed by atoms with Gasteiger partial charge in [0.1, 0.15) is 17.7 Å². The summed E-state index contributed by atoms with van der Waals surface area (Å²) < 4.78 is 5.35. The lowest BCUT2D eigenvalue weighted by molar-refractivity contribution is -0.148. The number of rotatable bonds is 11. The fourth-order valence-electron chi connectivity index (χ4n) is 3.75. The van der Waals surface area contributed by atoms with Gasteiger partial charge in [0.25, 0.3) is 0 Å². The highest BCUT2D eigenvalue weighted by molar-refractivity contribution is 5.93. The van der Waals surface area contributed by atoms with Crippen molar-refractivity contribution in [3.63, 3.8) is 0 Å². The van der Waals surface area contributed by atoms with E-state index in [0.717, 1.165) is 18.4 Å². The van der Waals surface area contributed by atoms with Crippen molar-refractivity contribution in [1.82, 2.24) is 15.5 Å². The van der Waals surface area contributed by atoms with Crippen LogP contribution in [0.15, 0.2) is 24.3 Å². The first kappa shape index (κ1) is 30.9. The molecule has 0 aliphatic heterocycles. The smallest absolute Gasteiger partial charge is 0.408 e. The molecule has 2 unspecified atom stereocenters. The average Bonchev–Trinajstić information content (AvgIpc) is 2.72. The number of ether oxygens (including phenoxy) is 1. The third-order valence-electron chi connectivity index (χ3n) is 5.32. The summed E-state index contributed by atoms with van der Waals surface area (Å²) in [6.45, 7) is 15.0. The van der Waals surface area contributed by atoms with E-state index in [1.54, 1.807) is 20.8 Å². The molecule has 0 spiro atoms. The van der Waals surface area contributed by atoms with E-state index < -0.39 is 41.1 Å². The van der Waals surface area contributed by atoms with E-state index in [-0.39, 0.29) is 18.7 Å². The first-order valence-electron chi connectivity index (χ1n) is 12.5. The van der Waals surface area contributed by atoms with Gasteiger partial charge in [0, 0.05) is 18.5 Å². The molecular formula is C27H44N4O5. The maximum atomic E-state index is 14.1. The third-order valence-corrected chi connectivity index (χ3v) is 5.32. The monoisotopic (exact) mass is 504 g/mol. The van der Waals surface area contributed by atoms with Crippen molar-refractivity contribution in [3.8, 4) is 0 Å². The van der Waals surface area contributed by atoms with Crippen molar-refractivity contribution in [1.29, 1.82) is 0 Å². The summed E-state index contributed by atoms with van der Waals surface area (Å²) in [7, 11) is 0. The summed E-state index contributed by atoms with van der Waals surface area (Å²) in [6.07, 6.45) is 0.766. The summed E-state index contributed by atoms with van der Waals surface area (Å²) in [5.74, 6) is -1.43. The van der Waals surface area contributed by atoms with Crippen molar-refractivity contribution >= 4 is 23.8 Å². The minimum absolute atomic E-state index is 0.0298. The standard InChI is InChI=1S/C27H44N4O5/c1-9-10-16-29-23(33)22(19-13-11-12-18(2)17-19)31(26(3,4)5)24(34)20(14-15-21(28)32)30-25(35)36-27(6,7)8/h11-13,17,20,22H,9-10,14-16H2,1-8H3,(H2,28,32)(H,29,33)(H,30,35). The second-order valence-electron chi connectivity index (χ2n) is 11.0. The summed E-state index contributed by atoms with van der Waals surface area (Å²) in [5, 5.41) is 5.55. The van der Waals surface area contributed by atoms with Gasteiger partial charge >= 0.3 is 6.09 Å². The van der Waals surface area contributed by atoms with Gasteiger partial charge in [-0.05, 0) is 66.9 Å². The molecule has 0 saturated carbocycles. The number of aryl methyl sites for hydroxylation is 1. The largest absolute Gasteiger partial charge is 0.444 e. The van der Waals surface area contributed by atoms with Crippen LogP contribution in [0.4, 0.5) is 4.79 Å². The lowest BCUT2D eigenvalue weighted by Crippen LogP contribution is -2.58. The number of carbonyl (C=O) groups excluding carboxylic acids is 4. The molecule has 9 nitrogen and oxygen atoms in total. The number of amides is 4. The molecule has 0 heterocycles. The number of hydrogen-bond acceptors (Lipinski definition) is 5. The number of unbranched alkanes of at least 4 members (excludes halogenated alkanes) is 1. The van der Waals surface area contributed by atoms with Crippen molar-refractivity contribution in [2.45, 2.75) is 104 Å². The maximum Gasteiger partial charge on any atom is 0.408 e. The summed E-state index contributed by atoms with van der Waals surface area (Å²) in [4.78, 5) is 53.2. The van der Waals surface area contributed by atoms with Crippen molar-refractivity contribution in [3.05, 3.63) is 35.4 Å². The van der Waals surface area contributed by atoms with Gasteiger partial charge in [0.2, 0.25) is 17.7 Å². The van der Waals surface area contributed by atoms with Gasteiger partial charge in [0.15, 0.2) is 0 Å². The predicted octanol–water partition coefficient (Wildman–Crippen LogP) is 3.74. The van der Waals surface area contributed by atoms with E-state index in [2.05, 4.69) is 10.6 Å². The molecular weight excluding hydrogens is 460 g/mol. The highest BCUT2D eigenvalue weighted by atomic mass is 16.6. The first-order valence-corrected chi connectivity index (χ1v) is 12.5. The molecule has 0 bridgehead atoms. The van der Waals surface area contributed by atoms with Gasteiger partial charge in [-0.15, -0.1) is 0 Å². The highest BCUT2D eigenvalue weighted by Crippen LogP contribution is 2.31. The number of primary amides is 1. The molecule has 0 radical (unpaired) electrons. The van der Waals surface area contributed by atoms with E-state index in [1.807, 2.05) is 58.9 Å². The Bertz CT molecular complexity index is 917. The van der Waals surface area contributed by atoms with E-state index in [0.29, 0.717) is 12.1 Å². The van der Waals surface area contributed by atoms with Gasteiger partial charge in [-0.25, -0.2) is 4.79 Å². The number of nitrogens with two attached hydrogens (primary N) is 1. The zero-order valence-electron chi connectivity index (χ0n) is 23.1. The van der Waals surface area contributed by atoms with Gasteiger partial charge in [0.05, 0.1) is 0 Å². The minimum atomic E-state index is -1.12. The zero-order chi connectivity index (χ0) is 27.7. The maximum absolute atomic E-state index is 14.1. The normalized spacial score (nSPS) is 13.3. The molecule has 202 valence electrons. The predicted molar refractivity (Wildman–Crippen MR) is 140 cm³/mol. The number of nitrogens with one attached hydrogen (secondary N) is 2. The van der Waals surface area contributed by atoms with Crippen LogP contribution in [0.2, 0.25) is 0 Å². The molecule has 0 aliphatic carbocycles. The SMILES string of the molecule is CCCCNC(=O)C(c1cccc(C)c1)N(C(=O)C(CCC(N)=O)NC(=O)OC(C)(C)C)C(C)(C)C. The van der Waals surface area contributed by atoms with Crippen LogP contribution in [0.5, 0.6) is 0 Å². The van der Waals surface area contributed by atoms with E-state index in [4.69, 9.17) is 10.5 Å². The Morgan fingerprint density at radius 1 is 1.08 bits per heavy atom. The van der Waals surface area contributed by atoms with Crippen LogP contribution >= 0.6 is 0 Å². The van der Waals surface area contributed by atoms with Gasteiger partial charge in [-0.3, -0.25) is 14.4 Å². The van der Waals surface area contributed by atoms with Gasteiger partial charge < -0.3 is 26.0 Å². The topological polar surface area (TPSA) is 131 Å². The Morgan fingerprint density at radius 2 is 1.72 bits per heavy atom. The second kappa shape index (κ2) is 13.3. The molecule has 0 aliphatic rings. The fourth-order valence-corrected chi connectivity index (χ4v) is 3.75. The van der Waals surface area contributed by atoms with Gasteiger partial charge in [-0.1, -0.05) is 43.2 Å². The van der Waals surface area contributed by atoms with Crippen LogP contribution in [-0.2, 0) is 19.1 Å². The minimum Gasteiger partial charge on any atom is -0.444 e. The van der Waals surface area contributed by atoms with E-state index >= 15 is 0 Å². The summed E-state index contributed by atoms with van der Waals surface area (Å²) in [5.41, 5.74) is 5.35. The van der Waals surface area contributed by atoms with Crippen LogP contribution in [0, 0.1) is 6.92 Å². The third kappa shape index (κ3) is 10.3. The van der Waals surface area contributed by atoms with Crippen molar-refractivity contribution < 1.29 is 23.9 Å². The highest BCUT2D eigenvalue weighted by Gasteiger charge is 2.41. The Hall–Kier alpha value is -3.10. The number of hydrogen-bond donors (Lipinski definition) is 3. The van der Waals surface area contributed by atoms with Crippen LogP contribution in [0.25, 0.3) is 0 Å². The molecule has 4 N–H and O–H groups in total. The molecule has 0 saturated heterocycles. The molecule has 2 atom stereocenters. The average molecular weight is 505 g/mol. The van der Waals surface area contributed by atoms with Crippen LogP contribution < -0.4 is 16.4 Å². The summed E-state index contributed by atoms with van der Waals surface area (Å²) >= 11 is 0. The molecule has 9 heteroatoms. The molecule has 1 rings (SSSR count). The summed E-state index contributed by atoms with van der Waals surface area (Å²) in [6, 6.07) is 5.36. The van der Waals surface area contributed by atoms with Crippen molar-refractivity contribution in [2.75, 3.05) is 6.54 Å². The van der Waals surface area contributed by atoms with Crippen LogP contribution in [-0.4, -0.2) is 52.4 Å². The van der Waals surface area contributed by atoms with Crippen molar-refractivity contribution in [2.24, 2.45) is 5.73 Å². The van der Waals surface area contributed by atoms with Gasteiger partial charge in [-0.2, -0.15) is 0 Å². The Balaban J connectivity index is 3.52. The number of benzene rings is 1. The molecule has 0 aromatic heterocycles. The quantitative estimate of drug-likeness (QED) is 0.395. The lowest BCUT2D eigenvalue weighted by Gasteiger charge is -2.43. The number of alkyl carbamates (subject to hydrolysis) is 1. The molecule has 0 fully saturated rings. The van der Waals surface area contributed by atoms with Crippen LogP contribution in [0.1, 0.15) is 91.3 Å². The Labute approximate surface area is 215 Å². The fraction of sp³-hybridized carbons (Fsp3) is 0.630. The van der Waals surface area contributed by atoms with Crippen LogP contribution in [0.3, 0.4) is 0 Å². The molecule has 36 heavy (non-hydrogen) atoms. The van der Waals surface area contributed by atoms with E-state index in [9.17, 15) is 19.2 Å². The van der Waals surface area contributed by atoms with E-state index in [1.165, 1.54) is 4.90 Å². The molecule has 1 aromatic carbocycles. The molecule has 4 amide bonds. The lowest BCUT2D eigenvalue weighted by atomic mass is 9.94.